The van der Waals surface area contributed by atoms with Gasteiger partial charge in [0.15, 0.2) is 5.11 Å². The van der Waals surface area contributed by atoms with E-state index in [1.807, 2.05) is 31.2 Å². The second-order valence-corrected chi connectivity index (χ2v) is 6.05. The molecule has 2 aromatic carbocycles. The summed E-state index contributed by atoms with van der Waals surface area (Å²) in [6.45, 7) is 2.96. The van der Waals surface area contributed by atoms with Crippen molar-refractivity contribution in [3.8, 4) is 6.07 Å². The van der Waals surface area contributed by atoms with Crippen LogP contribution in [0.15, 0.2) is 42.5 Å². The molecule has 0 aliphatic heterocycles. The van der Waals surface area contributed by atoms with E-state index in [1.54, 1.807) is 0 Å². The van der Waals surface area contributed by atoms with Crippen LogP contribution in [0.1, 0.15) is 18.9 Å². The van der Waals surface area contributed by atoms with E-state index in [0.717, 1.165) is 16.3 Å². The van der Waals surface area contributed by atoms with E-state index in [9.17, 15) is 4.79 Å². The minimum Gasteiger partial charge on any atom is -0.363 e. The first kappa shape index (κ1) is 18.7. The summed E-state index contributed by atoms with van der Waals surface area (Å²) < 4.78 is 0. The van der Waals surface area contributed by atoms with Crippen LogP contribution in [0.5, 0.6) is 0 Å². The third-order valence-corrected chi connectivity index (χ3v) is 4.01. The van der Waals surface area contributed by atoms with Gasteiger partial charge in [-0.05, 0) is 35.5 Å². The van der Waals surface area contributed by atoms with Crippen LogP contribution in [-0.2, 0) is 11.2 Å². The number of nitrogens with one attached hydrogen (secondary N) is 3. The molecule has 0 saturated heterocycles. The Morgan fingerprint density at radius 1 is 1.20 bits per heavy atom. The van der Waals surface area contributed by atoms with E-state index in [4.69, 9.17) is 17.5 Å². The van der Waals surface area contributed by atoms with Crippen LogP contribution in [0.3, 0.4) is 0 Å². The molecule has 2 rings (SSSR count). The van der Waals surface area contributed by atoms with Crippen molar-refractivity contribution in [2.45, 2.75) is 25.8 Å². The number of carbonyl (C=O) groups excluding carboxylic acids is 1. The molecular formula is C19H22N4OS. The van der Waals surface area contributed by atoms with E-state index >= 15 is 0 Å². The SMILES string of the molecule is CCNC(=S)NC(Cc1ccc2ccccc2c1)C(=O)NCCC#N. The molecule has 25 heavy (non-hydrogen) atoms. The van der Waals surface area contributed by atoms with Crippen molar-refractivity contribution in [3.63, 3.8) is 0 Å². The van der Waals surface area contributed by atoms with Crippen molar-refractivity contribution in [3.05, 3.63) is 48.0 Å². The van der Waals surface area contributed by atoms with Crippen molar-refractivity contribution in [1.82, 2.24) is 16.0 Å². The molecule has 0 bridgehead atoms. The van der Waals surface area contributed by atoms with Crippen LogP contribution in [0.25, 0.3) is 10.8 Å². The highest BCUT2D eigenvalue weighted by Crippen LogP contribution is 2.16. The average molecular weight is 354 g/mol. The van der Waals surface area contributed by atoms with Gasteiger partial charge in [0, 0.05) is 19.5 Å². The molecule has 5 nitrogen and oxygen atoms in total. The van der Waals surface area contributed by atoms with Gasteiger partial charge < -0.3 is 16.0 Å². The van der Waals surface area contributed by atoms with Crippen LogP contribution in [0.2, 0.25) is 0 Å². The number of nitriles is 1. The van der Waals surface area contributed by atoms with Gasteiger partial charge in [0.2, 0.25) is 5.91 Å². The minimum atomic E-state index is -0.494. The number of hydrogen-bond donors (Lipinski definition) is 3. The third kappa shape index (κ3) is 5.73. The standard InChI is InChI=1S/C19H22N4OS/c1-2-21-19(25)23-17(18(24)22-11-5-10-20)13-14-8-9-15-6-3-4-7-16(15)12-14/h3-4,6-9,12,17H,2,5,11,13H2,1H3,(H,22,24)(H2,21,23,25). The zero-order chi connectivity index (χ0) is 18.1. The van der Waals surface area contributed by atoms with Gasteiger partial charge in [-0.25, -0.2) is 0 Å². The maximum atomic E-state index is 12.5. The van der Waals surface area contributed by atoms with Crippen LogP contribution < -0.4 is 16.0 Å². The molecule has 0 aromatic heterocycles. The molecule has 0 aliphatic carbocycles. The molecule has 0 aliphatic rings. The first-order chi connectivity index (χ1) is 12.1. The Kier molecular flexibility index (Phi) is 7.17. The van der Waals surface area contributed by atoms with Crippen LogP contribution >= 0.6 is 12.2 Å². The zero-order valence-electron chi connectivity index (χ0n) is 14.2. The molecular weight excluding hydrogens is 332 g/mol. The molecule has 6 heteroatoms. The number of carbonyl (C=O) groups is 1. The van der Waals surface area contributed by atoms with Crippen molar-refractivity contribution in [2.75, 3.05) is 13.1 Å². The summed E-state index contributed by atoms with van der Waals surface area (Å²) in [7, 11) is 0. The highest BCUT2D eigenvalue weighted by Gasteiger charge is 2.19. The van der Waals surface area contributed by atoms with Crippen LogP contribution in [0, 0.1) is 11.3 Å². The molecule has 130 valence electrons. The minimum absolute atomic E-state index is 0.163. The largest absolute Gasteiger partial charge is 0.363 e. The Morgan fingerprint density at radius 3 is 2.68 bits per heavy atom. The van der Waals surface area contributed by atoms with E-state index in [2.05, 4.69) is 40.2 Å². The van der Waals surface area contributed by atoms with Crippen LogP contribution in [0.4, 0.5) is 0 Å². The maximum Gasteiger partial charge on any atom is 0.242 e. The van der Waals surface area contributed by atoms with Crippen molar-refractivity contribution in [1.29, 1.82) is 5.26 Å². The lowest BCUT2D eigenvalue weighted by Crippen LogP contribution is -2.51. The van der Waals surface area contributed by atoms with E-state index in [0.29, 0.717) is 24.6 Å². The predicted octanol–water partition coefficient (Wildman–Crippen LogP) is 2.26. The first-order valence-electron chi connectivity index (χ1n) is 8.30. The normalized spacial score (nSPS) is 11.4. The second kappa shape index (κ2) is 9.60. The number of amides is 1. The van der Waals surface area contributed by atoms with Crippen molar-refractivity contribution in [2.24, 2.45) is 0 Å². The van der Waals surface area contributed by atoms with Crippen LogP contribution in [-0.4, -0.2) is 30.2 Å². The maximum absolute atomic E-state index is 12.5. The van der Waals surface area contributed by atoms with Gasteiger partial charge in [-0.15, -0.1) is 0 Å². The summed E-state index contributed by atoms with van der Waals surface area (Å²) in [6.07, 6.45) is 0.793. The molecule has 2 aromatic rings. The summed E-state index contributed by atoms with van der Waals surface area (Å²) in [5, 5.41) is 20.2. The molecule has 0 saturated carbocycles. The topological polar surface area (TPSA) is 76.9 Å². The van der Waals surface area contributed by atoms with Gasteiger partial charge in [-0.1, -0.05) is 42.5 Å². The molecule has 0 fully saturated rings. The number of nitrogens with zero attached hydrogens (tertiary/aromatic N) is 1. The molecule has 0 spiro atoms. The van der Waals surface area contributed by atoms with Gasteiger partial charge in [-0.2, -0.15) is 5.26 Å². The Balaban J connectivity index is 2.13. The number of rotatable bonds is 7. The van der Waals surface area contributed by atoms with Gasteiger partial charge in [0.05, 0.1) is 12.5 Å². The Labute approximate surface area is 153 Å². The number of hydrogen-bond acceptors (Lipinski definition) is 3. The van der Waals surface area contributed by atoms with Gasteiger partial charge in [0.1, 0.15) is 6.04 Å². The molecule has 1 amide bonds. The summed E-state index contributed by atoms with van der Waals surface area (Å²) in [5.41, 5.74) is 1.05. The Hall–Kier alpha value is -2.65. The smallest absolute Gasteiger partial charge is 0.242 e. The van der Waals surface area contributed by atoms with Gasteiger partial charge in [0.25, 0.3) is 0 Å². The molecule has 1 unspecified atom stereocenters. The first-order valence-corrected chi connectivity index (χ1v) is 8.71. The molecule has 1 atom stereocenters. The summed E-state index contributed by atoms with van der Waals surface area (Å²) in [5.74, 6) is -0.163. The van der Waals surface area contributed by atoms with Gasteiger partial charge in [-0.3, -0.25) is 4.79 Å². The predicted molar refractivity (Wildman–Crippen MR) is 104 cm³/mol. The number of benzene rings is 2. The fourth-order valence-electron chi connectivity index (χ4n) is 2.55. The highest BCUT2D eigenvalue weighted by molar-refractivity contribution is 7.80. The van der Waals surface area contributed by atoms with E-state index in [1.165, 1.54) is 0 Å². The quantitative estimate of drug-likeness (QED) is 0.525. The summed E-state index contributed by atoms with van der Waals surface area (Å²) in [4.78, 5) is 12.5. The molecule has 0 heterocycles. The monoisotopic (exact) mass is 354 g/mol. The summed E-state index contributed by atoms with van der Waals surface area (Å²) >= 11 is 5.22. The molecule has 3 N–H and O–H groups in total. The molecule has 0 radical (unpaired) electrons. The third-order valence-electron chi connectivity index (χ3n) is 3.75. The number of fused-ring (bicyclic) bond motifs is 1. The van der Waals surface area contributed by atoms with Crippen molar-refractivity contribution < 1.29 is 4.79 Å². The lowest BCUT2D eigenvalue weighted by atomic mass is 10.0. The highest BCUT2D eigenvalue weighted by atomic mass is 32.1. The summed E-state index contributed by atoms with van der Waals surface area (Å²) in [6, 6.07) is 15.8. The lowest BCUT2D eigenvalue weighted by molar-refractivity contribution is -0.122. The number of thiocarbonyl (C=S) groups is 1. The van der Waals surface area contributed by atoms with E-state index < -0.39 is 6.04 Å². The average Bonchev–Trinajstić information content (AvgIpc) is 2.61. The van der Waals surface area contributed by atoms with Crippen molar-refractivity contribution >= 4 is 34.0 Å². The van der Waals surface area contributed by atoms with E-state index in [-0.39, 0.29) is 12.3 Å². The fourth-order valence-corrected chi connectivity index (χ4v) is 2.83. The Bertz CT molecular complexity index is 784. The second-order valence-electron chi connectivity index (χ2n) is 5.64. The fraction of sp³-hybridized carbons (Fsp3) is 0.316. The lowest BCUT2D eigenvalue weighted by Gasteiger charge is -2.20. The van der Waals surface area contributed by atoms with Gasteiger partial charge >= 0.3 is 0 Å². The Morgan fingerprint density at radius 2 is 1.96 bits per heavy atom. The zero-order valence-corrected chi connectivity index (χ0v) is 15.0.